The van der Waals surface area contributed by atoms with E-state index in [2.05, 4.69) is 20.2 Å². The Kier molecular flexibility index (Phi) is 11.5. The average molecular weight is 719 g/mol. The van der Waals surface area contributed by atoms with Gasteiger partial charge in [0.2, 0.25) is 0 Å². The Morgan fingerprint density at radius 1 is 0.714 bits per heavy atom. The van der Waals surface area contributed by atoms with Crippen molar-refractivity contribution in [2.45, 2.75) is 89.2 Å². The molecule has 2 aromatic carbocycles. The molecule has 0 N–H and O–H groups in total. The smallest absolute Gasteiger partial charge is 0.252 e. The second kappa shape index (κ2) is 14.2. The van der Waals surface area contributed by atoms with Gasteiger partial charge in [-0.3, -0.25) is 9.36 Å². The molecule has 0 amide bonds. The summed E-state index contributed by atoms with van der Waals surface area (Å²) in [5.74, 6) is -5.90. The highest BCUT2D eigenvalue weighted by Crippen LogP contribution is 2.49. The lowest BCUT2D eigenvalue weighted by molar-refractivity contribution is -0.137. The molecule has 0 aliphatic heterocycles. The predicted molar refractivity (Wildman–Crippen MR) is 170 cm³/mol. The quantitative estimate of drug-likeness (QED) is 0.149. The maximum absolute atomic E-state index is 14.5. The van der Waals surface area contributed by atoms with Crippen molar-refractivity contribution in [3.63, 3.8) is 0 Å². The molecule has 2 heterocycles. The summed E-state index contributed by atoms with van der Waals surface area (Å²) in [7, 11) is -3.58. The molecule has 0 fully saturated rings. The van der Waals surface area contributed by atoms with Crippen molar-refractivity contribution >= 4 is 9.84 Å². The number of sulfone groups is 1. The van der Waals surface area contributed by atoms with Crippen LogP contribution in [-0.4, -0.2) is 54.9 Å². The van der Waals surface area contributed by atoms with Crippen molar-refractivity contribution in [3.8, 4) is 0 Å². The molecule has 0 saturated heterocycles. The third-order valence-electron chi connectivity index (χ3n) is 9.65. The highest BCUT2D eigenvalue weighted by molar-refractivity contribution is 7.92. The van der Waals surface area contributed by atoms with Crippen LogP contribution >= 0.6 is 0 Å². The zero-order valence-electron chi connectivity index (χ0n) is 28.5. The van der Waals surface area contributed by atoms with Gasteiger partial charge in [0.25, 0.3) is 5.92 Å². The largest absolute Gasteiger partial charge is 0.416 e. The first kappa shape index (κ1) is 39.6. The number of hydrogen-bond donors (Lipinski definition) is 0. The summed E-state index contributed by atoms with van der Waals surface area (Å²) >= 11 is 0. The lowest BCUT2D eigenvalue weighted by Gasteiger charge is -2.49. The maximum atomic E-state index is 14.5. The molecule has 0 spiro atoms. The maximum Gasteiger partial charge on any atom is 0.416 e. The molecule has 4 aromatic rings. The van der Waals surface area contributed by atoms with Gasteiger partial charge in [0.05, 0.1) is 28.8 Å². The van der Waals surface area contributed by atoms with Crippen molar-refractivity contribution in [2.75, 3.05) is 6.26 Å². The Morgan fingerprint density at radius 2 is 1.16 bits per heavy atom. The Balaban J connectivity index is 0.000000271. The molecule has 49 heavy (non-hydrogen) atoms. The minimum Gasteiger partial charge on any atom is -0.252 e. The number of nitrogens with zero attached hydrogens (tertiary/aromatic N) is 6. The van der Waals surface area contributed by atoms with Gasteiger partial charge in [-0.25, -0.2) is 35.9 Å². The van der Waals surface area contributed by atoms with E-state index in [1.165, 1.54) is 46.8 Å². The monoisotopic (exact) mass is 718 g/mol. The Labute approximate surface area is 281 Å². The van der Waals surface area contributed by atoms with Crippen LogP contribution in [0.4, 0.5) is 30.7 Å². The summed E-state index contributed by atoms with van der Waals surface area (Å²) in [6.45, 7) is 10.7. The molecular weight excluding hydrogens is 677 g/mol. The zero-order valence-corrected chi connectivity index (χ0v) is 29.3. The second-order valence-corrected chi connectivity index (χ2v) is 15.9. The van der Waals surface area contributed by atoms with E-state index < -0.39 is 60.6 Å². The van der Waals surface area contributed by atoms with Gasteiger partial charge in [-0.1, -0.05) is 45.9 Å². The summed E-state index contributed by atoms with van der Waals surface area (Å²) < 4.78 is 122. The standard InChI is InChI=1S/C18H24F3N3O2S.C15H17F4N3/c1-13(2)17(10-24-12-22-11-23-24,16(3,4)27(5,25)26)14-6-8-15(9-7-14)18(19,20)21;1-10(2)15(14(3,18)19,7-22-9-20-8-21-22)12-5-4-11(16)6-13(12)17/h6-9,11-13H,10H2,1-5H3;4-6,8-10H,7H2,1-3H3/t17-;15-/m00/s1. The summed E-state index contributed by atoms with van der Waals surface area (Å²) in [5, 5.41) is 7.94. The van der Waals surface area contributed by atoms with Gasteiger partial charge in [0.15, 0.2) is 9.84 Å². The van der Waals surface area contributed by atoms with Crippen LogP contribution in [0.25, 0.3) is 0 Å². The van der Waals surface area contributed by atoms with E-state index in [0.717, 1.165) is 37.4 Å². The highest BCUT2D eigenvalue weighted by atomic mass is 32.2. The molecule has 0 radical (unpaired) electrons. The second-order valence-electron chi connectivity index (χ2n) is 13.3. The normalized spacial score (nSPS) is 15.4. The molecule has 8 nitrogen and oxygen atoms in total. The van der Waals surface area contributed by atoms with Gasteiger partial charge >= 0.3 is 6.18 Å². The average Bonchev–Trinajstić information content (AvgIpc) is 3.68. The van der Waals surface area contributed by atoms with Gasteiger partial charge in [0.1, 0.15) is 36.9 Å². The number of hydrogen-bond acceptors (Lipinski definition) is 6. The Hall–Kier alpha value is -3.82. The minimum absolute atomic E-state index is 0.163. The van der Waals surface area contributed by atoms with Crippen LogP contribution in [-0.2, 0) is 39.9 Å². The fourth-order valence-corrected chi connectivity index (χ4v) is 7.66. The van der Waals surface area contributed by atoms with Crippen LogP contribution < -0.4 is 0 Å². The number of halogens is 7. The van der Waals surface area contributed by atoms with Crippen molar-refractivity contribution in [1.82, 2.24) is 29.5 Å². The molecule has 0 aliphatic rings. The first-order valence-corrected chi connectivity index (χ1v) is 17.2. The molecular formula is C33H41F7N6O2S. The van der Waals surface area contributed by atoms with Gasteiger partial charge in [-0.15, -0.1) is 0 Å². The number of rotatable bonds is 11. The lowest BCUT2D eigenvalue weighted by Crippen LogP contribution is -2.57. The summed E-state index contributed by atoms with van der Waals surface area (Å²) in [6, 6.07) is 7.42. The fraction of sp³-hybridized carbons (Fsp3) is 0.515. The minimum atomic E-state index is -4.46. The Morgan fingerprint density at radius 3 is 1.51 bits per heavy atom. The van der Waals surface area contributed by atoms with E-state index in [1.807, 2.05) is 13.8 Å². The first-order chi connectivity index (χ1) is 22.4. The van der Waals surface area contributed by atoms with E-state index in [1.54, 1.807) is 27.7 Å². The molecule has 0 bridgehead atoms. The summed E-state index contributed by atoms with van der Waals surface area (Å²) in [4.78, 5) is 7.63. The van der Waals surface area contributed by atoms with E-state index in [-0.39, 0.29) is 24.6 Å². The van der Waals surface area contributed by atoms with Gasteiger partial charge in [-0.2, -0.15) is 23.4 Å². The third-order valence-corrected chi connectivity index (χ3v) is 11.9. The number of aromatic nitrogens is 6. The van der Waals surface area contributed by atoms with Crippen LogP contribution in [0.3, 0.4) is 0 Å². The number of benzene rings is 2. The van der Waals surface area contributed by atoms with Crippen LogP contribution in [0.15, 0.2) is 67.8 Å². The van der Waals surface area contributed by atoms with Crippen molar-refractivity contribution in [2.24, 2.45) is 11.8 Å². The molecule has 16 heteroatoms. The SMILES string of the molecule is CC(C)[C@@](Cn1cncn1)(c1ccc(C(F)(F)F)cc1)C(C)(C)S(C)(=O)=O.CC(C)[C@@](Cn1cncn1)(c1ccc(F)cc1F)C(C)(F)F. The predicted octanol–water partition coefficient (Wildman–Crippen LogP) is 7.52. The van der Waals surface area contributed by atoms with Crippen LogP contribution in [0.2, 0.25) is 0 Å². The molecule has 2 atom stereocenters. The van der Waals surface area contributed by atoms with Crippen molar-refractivity contribution in [3.05, 3.63) is 96.1 Å². The van der Waals surface area contributed by atoms with Gasteiger partial charge in [-0.05, 0) is 49.4 Å². The van der Waals surface area contributed by atoms with E-state index in [9.17, 15) is 39.2 Å². The lowest BCUT2D eigenvalue weighted by atomic mass is 9.63. The number of alkyl halides is 5. The molecule has 4 rings (SSSR count). The Bertz CT molecular complexity index is 1770. The van der Waals surface area contributed by atoms with E-state index in [0.29, 0.717) is 11.6 Å². The van der Waals surface area contributed by atoms with Crippen LogP contribution in [0.5, 0.6) is 0 Å². The third kappa shape index (κ3) is 7.83. The molecule has 0 aliphatic carbocycles. The highest BCUT2D eigenvalue weighted by Gasteiger charge is 2.56. The summed E-state index contributed by atoms with van der Waals surface area (Å²) in [6.07, 6.45) is 2.02. The molecule has 0 unspecified atom stereocenters. The summed E-state index contributed by atoms with van der Waals surface area (Å²) in [5.41, 5.74) is -3.40. The molecule has 2 aromatic heterocycles. The van der Waals surface area contributed by atoms with E-state index in [4.69, 9.17) is 0 Å². The van der Waals surface area contributed by atoms with Gasteiger partial charge in [0, 0.05) is 30.2 Å². The van der Waals surface area contributed by atoms with Crippen molar-refractivity contribution in [1.29, 1.82) is 0 Å². The first-order valence-electron chi connectivity index (χ1n) is 15.3. The van der Waals surface area contributed by atoms with Crippen LogP contribution in [0.1, 0.15) is 65.2 Å². The van der Waals surface area contributed by atoms with E-state index >= 15 is 0 Å². The zero-order chi connectivity index (χ0) is 37.2. The molecule has 0 saturated carbocycles. The van der Waals surface area contributed by atoms with Gasteiger partial charge < -0.3 is 0 Å². The molecule has 270 valence electrons. The van der Waals surface area contributed by atoms with Crippen molar-refractivity contribution < 1.29 is 39.2 Å². The fourth-order valence-electron chi connectivity index (χ4n) is 6.58. The van der Waals surface area contributed by atoms with Crippen LogP contribution in [0, 0.1) is 23.5 Å². The topological polar surface area (TPSA) is 95.6 Å².